The number of benzene rings is 1. The van der Waals surface area contributed by atoms with Gasteiger partial charge in [-0.1, -0.05) is 24.3 Å². The van der Waals surface area contributed by atoms with Crippen LogP contribution in [0.4, 0.5) is 0 Å². The number of aromatic nitrogens is 1. The third-order valence-electron chi connectivity index (χ3n) is 2.20. The van der Waals surface area contributed by atoms with Gasteiger partial charge in [0.1, 0.15) is 0 Å². The van der Waals surface area contributed by atoms with E-state index in [2.05, 4.69) is 29.2 Å². The minimum Gasteiger partial charge on any atom is -0.400 e. The summed E-state index contributed by atoms with van der Waals surface area (Å²) in [7, 11) is 1.00. The molecule has 0 atom stereocenters. The minimum absolute atomic E-state index is 0.599. The van der Waals surface area contributed by atoms with E-state index in [-0.39, 0.29) is 0 Å². The first-order valence-electron chi connectivity index (χ1n) is 4.95. The maximum absolute atomic E-state index is 7.00. The molecular weight excluding hydrogens is 220 g/mol. The zero-order valence-electron chi connectivity index (χ0n) is 9.47. The van der Waals surface area contributed by atoms with Crippen molar-refractivity contribution in [2.45, 2.75) is 13.5 Å². The molecule has 2 aromatic rings. The van der Waals surface area contributed by atoms with Gasteiger partial charge in [-0.3, -0.25) is 0 Å². The average Bonchev–Trinajstić information content (AvgIpc) is 2.78. The molecule has 3 N–H and O–H groups in total. The number of aliphatic hydroxyl groups is 1. The van der Waals surface area contributed by atoms with Crippen molar-refractivity contribution in [2.24, 2.45) is 5.73 Å². The molecular formula is C12H16N2OS. The molecule has 0 spiro atoms. The molecule has 0 amide bonds. The largest absolute Gasteiger partial charge is 0.400 e. The molecule has 0 aliphatic carbocycles. The van der Waals surface area contributed by atoms with E-state index in [4.69, 9.17) is 10.8 Å². The maximum Gasteiger partial charge on any atom is 0.0801 e. The SMILES string of the molecule is CO.Cc1ncsc1-c1ccc(CN)cc1. The quantitative estimate of drug-likeness (QED) is 0.840. The summed E-state index contributed by atoms with van der Waals surface area (Å²) in [6.07, 6.45) is 0. The molecule has 1 heterocycles. The molecule has 0 unspecified atom stereocenters. The molecule has 0 bridgehead atoms. The maximum atomic E-state index is 7.00. The fourth-order valence-electron chi connectivity index (χ4n) is 1.37. The highest BCUT2D eigenvalue weighted by molar-refractivity contribution is 7.13. The summed E-state index contributed by atoms with van der Waals surface area (Å²) in [5.41, 5.74) is 10.9. The summed E-state index contributed by atoms with van der Waals surface area (Å²) in [5.74, 6) is 0. The number of hydrogen-bond donors (Lipinski definition) is 2. The van der Waals surface area contributed by atoms with Gasteiger partial charge in [-0.25, -0.2) is 4.98 Å². The van der Waals surface area contributed by atoms with Crippen molar-refractivity contribution in [3.8, 4) is 10.4 Å². The number of aryl methyl sites for hydroxylation is 1. The Hall–Kier alpha value is -1.23. The van der Waals surface area contributed by atoms with Gasteiger partial charge >= 0.3 is 0 Å². The van der Waals surface area contributed by atoms with Crippen LogP contribution >= 0.6 is 11.3 Å². The Kier molecular flexibility index (Phi) is 5.11. The van der Waals surface area contributed by atoms with E-state index < -0.39 is 0 Å². The van der Waals surface area contributed by atoms with Gasteiger partial charge in [-0.2, -0.15) is 0 Å². The van der Waals surface area contributed by atoms with Crippen LogP contribution in [0.2, 0.25) is 0 Å². The smallest absolute Gasteiger partial charge is 0.0801 e. The summed E-state index contributed by atoms with van der Waals surface area (Å²) in [5, 5.41) is 7.00. The Morgan fingerprint density at radius 3 is 2.31 bits per heavy atom. The number of thiazole rings is 1. The van der Waals surface area contributed by atoms with Gasteiger partial charge in [-0.05, 0) is 18.1 Å². The predicted octanol–water partition coefficient (Wildman–Crippen LogP) is 2.19. The Balaban J connectivity index is 0.000000606. The van der Waals surface area contributed by atoms with Gasteiger partial charge in [0.25, 0.3) is 0 Å². The van der Waals surface area contributed by atoms with Crippen molar-refractivity contribution in [3.05, 3.63) is 41.0 Å². The molecule has 16 heavy (non-hydrogen) atoms. The topological polar surface area (TPSA) is 59.1 Å². The average molecular weight is 236 g/mol. The lowest BCUT2D eigenvalue weighted by Crippen LogP contribution is -1.95. The van der Waals surface area contributed by atoms with Gasteiger partial charge in [0, 0.05) is 13.7 Å². The minimum atomic E-state index is 0.599. The number of rotatable bonds is 2. The van der Waals surface area contributed by atoms with Crippen molar-refractivity contribution >= 4 is 11.3 Å². The van der Waals surface area contributed by atoms with Crippen LogP contribution in [0.1, 0.15) is 11.3 Å². The van der Waals surface area contributed by atoms with Crippen LogP contribution in [0.15, 0.2) is 29.8 Å². The Morgan fingerprint density at radius 2 is 1.88 bits per heavy atom. The Labute approximate surface area is 99.6 Å². The number of nitrogens with two attached hydrogens (primary N) is 1. The van der Waals surface area contributed by atoms with Crippen molar-refractivity contribution in [1.29, 1.82) is 0 Å². The molecule has 0 fully saturated rings. The van der Waals surface area contributed by atoms with Crippen LogP contribution < -0.4 is 5.73 Å². The van der Waals surface area contributed by atoms with Crippen LogP contribution in [-0.4, -0.2) is 17.2 Å². The van der Waals surface area contributed by atoms with Crippen LogP contribution in [0, 0.1) is 6.92 Å². The molecule has 0 saturated carbocycles. The summed E-state index contributed by atoms with van der Waals surface area (Å²) < 4.78 is 0. The third kappa shape index (κ3) is 2.88. The van der Waals surface area contributed by atoms with Gasteiger partial charge in [0.15, 0.2) is 0 Å². The first kappa shape index (κ1) is 12.8. The molecule has 0 radical (unpaired) electrons. The summed E-state index contributed by atoms with van der Waals surface area (Å²) in [4.78, 5) is 5.47. The van der Waals surface area contributed by atoms with E-state index in [1.54, 1.807) is 11.3 Å². The second-order valence-corrected chi connectivity index (χ2v) is 4.02. The number of nitrogens with zero attached hydrogens (tertiary/aromatic N) is 1. The molecule has 86 valence electrons. The second kappa shape index (κ2) is 6.37. The zero-order chi connectivity index (χ0) is 12.0. The molecule has 0 aliphatic heterocycles. The molecule has 1 aromatic carbocycles. The Morgan fingerprint density at radius 1 is 1.25 bits per heavy atom. The van der Waals surface area contributed by atoms with E-state index in [9.17, 15) is 0 Å². The van der Waals surface area contributed by atoms with Gasteiger partial charge < -0.3 is 10.8 Å². The molecule has 4 heteroatoms. The van der Waals surface area contributed by atoms with Crippen molar-refractivity contribution < 1.29 is 5.11 Å². The molecule has 3 nitrogen and oxygen atoms in total. The molecule has 1 aromatic heterocycles. The summed E-state index contributed by atoms with van der Waals surface area (Å²) in [6, 6.07) is 8.33. The standard InChI is InChI=1S/C11H12N2S.CH4O/c1-8-11(14-7-13-8)10-4-2-9(6-12)3-5-10;1-2/h2-5,7H,6,12H2,1H3;2H,1H3. The Bertz CT molecular complexity index is 423. The normalized spacial score (nSPS) is 9.50. The summed E-state index contributed by atoms with van der Waals surface area (Å²) >= 11 is 1.67. The monoisotopic (exact) mass is 236 g/mol. The van der Waals surface area contributed by atoms with Crippen LogP contribution in [-0.2, 0) is 6.54 Å². The number of aliphatic hydroxyl groups excluding tert-OH is 1. The van der Waals surface area contributed by atoms with Crippen molar-refractivity contribution in [2.75, 3.05) is 7.11 Å². The highest BCUT2D eigenvalue weighted by atomic mass is 32.1. The fraction of sp³-hybridized carbons (Fsp3) is 0.250. The lowest BCUT2D eigenvalue weighted by molar-refractivity contribution is 0.399. The highest BCUT2D eigenvalue weighted by Crippen LogP contribution is 2.26. The predicted molar refractivity (Wildman–Crippen MR) is 68.3 cm³/mol. The first-order chi connectivity index (χ1) is 7.81. The molecule has 2 rings (SSSR count). The van der Waals surface area contributed by atoms with Gasteiger partial charge in [0.05, 0.1) is 16.1 Å². The second-order valence-electron chi connectivity index (χ2n) is 3.17. The van der Waals surface area contributed by atoms with Crippen LogP contribution in [0.3, 0.4) is 0 Å². The summed E-state index contributed by atoms with van der Waals surface area (Å²) in [6.45, 7) is 2.63. The molecule has 0 aliphatic rings. The van der Waals surface area contributed by atoms with Crippen molar-refractivity contribution in [1.82, 2.24) is 4.98 Å². The first-order valence-corrected chi connectivity index (χ1v) is 5.83. The zero-order valence-corrected chi connectivity index (χ0v) is 10.3. The van der Waals surface area contributed by atoms with E-state index in [0.717, 1.165) is 18.4 Å². The van der Waals surface area contributed by atoms with Crippen LogP contribution in [0.5, 0.6) is 0 Å². The third-order valence-corrected chi connectivity index (χ3v) is 3.17. The molecule has 0 saturated heterocycles. The van der Waals surface area contributed by atoms with E-state index in [0.29, 0.717) is 6.54 Å². The van der Waals surface area contributed by atoms with E-state index in [1.807, 2.05) is 12.4 Å². The lowest BCUT2D eigenvalue weighted by Gasteiger charge is -2.00. The van der Waals surface area contributed by atoms with Crippen molar-refractivity contribution in [3.63, 3.8) is 0 Å². The van der Waals surface area contributed by atoms with Crippen LogP contribution in [0.25, 0.3) is 10.4 Å². The lowest BCUT2D eigenvalue weighted by atomic mass is 10.1. The number of hydrogen-bond acceptors (Lipinski definition) is 4. The van der Waals surface area contributed by atoms with Gasteiger partial charge in [-0.15, -0.1) is 11.3 Å². The van der Waals surface area contributed by atoms with Gasteiger partial charge in [0.2, 0.25) is 0 Å². The highest BCUT2D eigenvalue weighted by Gasteiger charge is 2.03. The fourth-order valence-corrected chi connectivity index (χ4v) is 2.18. The van der Waals surface area contributed by atoms with E-state index >= 15 is 0 Å². The van der Waals surface area contributed by atoms with E-state index in [1.165, 1.54) is 10.4 Å².